The first-order chi connectivity index (χ1) is 12.7. The van der Waals surface area contributed by atoms with Crippen LogP contribution in [0.25, 0.3) is 5.57 Å². The monoisotopic (exact) mass is 384 g/mol. The maximum atomic E-state index is 12.7. The lowest BCUT2D eigenvalue weighted by Crippen LogP contribution is -2.37. The first-order valence-electron chi connectivity index (χ1n) is 8.51. The zero-order valence-corrected chi connectivity index (χ0v) is 16.5. The SMILES string of the molecule is CSc1ncc(C#N)c(C2=CCC3CN(C(=O)OC(C)(C)C)C(=O)C3=C2)n1. The van der Waals surface area contributed by atoms with Gasteiger partial charge in [-0.1, -0.05) is 17.8 Å². The van der Waals surface area contributed by atoms with Gasteiger partial charge in [0.05, 0.1) is 11.3 Å². The van der Waals surface area contributed by atoms with E-state index in [9.17, 15) is 14.9 Å². The van der Waals surface area contributed by atoms with Crippen LogP contribution in [0, 0.1) is 17.2 Å². The van der Waals surface area contributed by atoms with Gasteiger partial charge in [0, 0.05) is 24.2 Å². The molecule has 0 bridgehead atoms. The molecule has 2 aliphatic rings. The average Bonchev–Trinajstić information content (AvgIpc) is 2.96. The van der Waals surface area contributed by atoms with Crippen molar-refractivity contribution < 1.29 is 14.3 Å². The van der Waals surface area contributed by atoms with E-state index in [4.69, 9.17) is 4.74 Å². The van der Waals surface area contributed by atoms with E-state index < -0.39 is 11.7 Å². The number of amides is 2. The molecule has 3 rings (SSSR count). The molecule has 7 nitrogen and oxygen atoms in total. The van der Waals surface area contributed by atoms with Crippen molar-refractivity contribution in [3.05, 3.63) is 35.2 Å². The van der Waals surface area contributed by atoms with Crippen LogP contribution in [0.5, 0.6) is 0 Å². The van der Waals surface area contributed by atoms with Crippen molar-refractivity contribution in [2.24, 2.45) is 5.92 Å². The molecule has 8 heteroatoms. The number of nitriles is 1. The fourth-order valence-electron chi connectivity index (χ4n) is 3.01. The van der Waals surface area contributed by atoms with E-state index in [0.717, 1.165) is 4.90 Å². The summed E-state index contributed by atoms with van der Waals surface area (Å²) in [6, 6.07) is 2.09. The number of fused-ring (bicyclic) bond motifs is 1. The Balaban J connectivity index is 1.90. The van der Waals surface area contributed by atoms with E-state index in [2.05, 4.69) is 16.0 Å². The van der Waals surface area contributed by atoms with Gasteiger partial charge in [0.2, 0.25) is 0 Å². The van der Waals surface area contributed by atoms with Gasteiger partial charge in [0.15, 0.2) is 5.16 Å². The van der Waals surface area contributed by atoms with Crippen LogP contribution in [0.1, 0.15) is 38.4 Å². The lowest BCUT2D eigenvalue weighted by Gasteiger charge is -2.23. The van der Waals surface area contributed by atoms with Gasteiger partial charge < -0.3 is 4.74 Å². The summed E-state index contributed by atoms with van der Waals surface area (Å²) in [7, 11) is 0. The number of hydrogen-bond acceptors (Lipinski definition) is 7. The van der Waals surface area contributed by atoms with Crippen LogP contribution < -0.4 is 0 Å². The molecule has 1 unspecified atom stereocenters. The number of allylic oxidation sites excluding steroid dienone is 3. The Morgan fingerprint density at radius 3 is 2.81 bits per heavy atom. The minimum Gasteiger partial charge on any atom is -0.443 e. The quantitative estimate of drug-likeness (QED) is 0.571. The van der Waals surface area contributed by atoms with Crippen molar-refractivity contribution in [3.8, 4) is 6.07 Å². The summed E-state index contributed by atoms with van der Waals surface area (Å²) in [6.45, 7) is 5.59. The number of nitrogens with zero attached hydrogens (tertiary/aromatic N) is 4. The Kier molecular flexibility index (Phi) is 5.07. The van der Waals surface area contributed by atoms with E-state index in [1.807, 2.05) is 12.3 Å². The number of likely N-dealkylation sites (tertiary alicyclic amines) is 1. The Hall–Kier alpha value is -2.66. The van der Waals surface area contributed by atoms with Gasteiger partial charge in [-0.05, 0) is 45.1 Å². The lowest BCUT2D eigenvalue weighted by atomic mass is 9.89. The number of thioether (sulfide) groups is 1. The number of imide groups is 1. The van der Waals surface area contributed by atoms with Gasteiger partial charge in [0.1, 0.15) is 11.7 Å². The highest BCUT2D eigenvalue weighted by molar-refractivity contribution is 7.98. The molecular formula is C19H20N4O3S. The van der Waals surface area contributed by atoms with E-state index in [1.165, 1.54) is 18.0 Å². The smallest absolute Gasteiger partial charge is 0.417 e. The average molecular weight is 384 g/mol. The van der Waals surface area contributed by atoms with Gasteiger partial charge in [-0.15, -0.1) is 0 Å². The molecule has 2 heterocycles. The predicted molar refractivity (Wildman–Crippen MR) is 101 cm³/mol. The third-order valence-electron chi connectivity index (χ3n) is 4.23. The highest BCUT2D eigenvalue weighted by atomic mass is 32.2. The molecule has 0 spiro atoms. The van der Waals surface area contributed by atoms with Crippen LogP contribution in [-0.2, 0) is 9.53 Å². The molecular weight excluding hydrogens is 364 g/mol. The molecule has 0 radical (unpaired) electrons. The van der Waals surface area contributed by atoms with Crippen LogP contribution in [0.4, 0.5) is 4.79 Å². The zero-order valence-electron chi connectivity index (χ0n) is 15.6. The van der Waals surface area contributed by atoms with Crippen molar-refractivity contribution in [2.75, 3.05) is 12.8 Å². The molecule has 1 aromatic rings. The summed E-state index contributed by atoms with van der Waals surface area (Å²) in [4.78, 5) is 34.8. The molecule has 0 aromatic carbocycles. The second-order valence-corrected chi connectivity index (χ2v) is 8.09. The number of rotatable bonds is 2. The molecule has 27 heavy (non-hydrogen) atoms. The van der Waals surface area contributed by atoms with Gasteiger partial charge in [-0.3, -0.25) is 4.79 Å². The number of carbonyl (C=O) groups excluding carboxylic acids is 2. The molecule has 1 aliphatic heterocycles. The number of ether oxygens (including phenoxy) is 1. The summed E-state index contributed by atoms with van der Waals surface area (Å²) in [5.74, 6) is -0.418. The molecule has 1 atom stereocenters. The second-order valence-electron chi connectivity index (χ2n) is 7.32. The topological polar surface area (TPSA) is 96.2 Å². The standard InChI is InChI=1S/C19H20N4O3S/c1-19(2,3)26-18(25)23-10-12-6-5-11(7-14(12)16(23)24)15-13(8-20)9-21-17(22-15)27-4/h5,7,9,12H,6,10H2,1-4H3. The molecule has 1 fully saturated rings. The van der Waals surface area contributed by atoms with Crippen molar-refractivity contribution in [1.82, 2.24) is 14.9 Å². The molecule has 2 amide bonds. The van der Waals surface area contributed by atoms with Crippen molar-refractivity contribution >= 4 is 29.3 Å². The number of aromatic nitrogens is 2. The summed E-state index contributed by atoms with van der Waals surface area (Å²) in [6.07, 6.45) is 6.99. The number of hydrogen-bond donors (Lipinski definition) is 0. The maximum Gasteiger partial charge on any atom is 0.417 e. The van der Waals surface area contributed by atoms with E-state index in [1.54, 1.807) is 26.8 Å². The van der Waals surface area contributed by atoms with Crippen LogP contribution >= 0.6 is 11.8 Å². The summed E-state index contributed by atoms with van der Waals surface area (Å²) in [5.41, 5.74) is 1.44. The fraction of sp³-hybridized carbons (Fsp3) is 0.421. The summed E-state index contributed by atoms with van der Waals surface area (Å²) in [5, 5.41) is 9.91. The Morgan fingerprint density at radius 2 is 2.19 bits per heavy atom. The van der Waals surface area contributed by atoms with Crippen LogP contribution in [-0.4, -0.2) is 45.3 Å². The molecule has 0 N–H and O–H groups in total. The van der Waals surface area contributed by atoms with Crippen molar-refractivity contribution in [1.29, 1.82) is 5.26 Å². The lowest BCUT2D eigenvalue weighted by molar-refractivity contribution is -0.124. The first kappa shape index (κ1) is 19.1. The van der Waals surface area contributed by atoms with Crippen LogP contribution in [0.15, 0.2) is 29.1 Å². The first-order valence-corrected chi connectivity index (χ1v) is 9.74. The number of carbonyl (C=O) groups is 2. The molecule has 1 aliphatic carbocycles. The third-order valence-corrected chi connectivity index (χ3v) is 4.79. The Labute approximate surface area is 162 Å². The molecule has 1 aromatic heterocycles. The predicted octanol–water partition coefficient (Wildman–Crippen LogP) is 3.18. The fourth-order valence-corrected chi connectivity index (χ4v) is 3.35. The van der Waals surface area contributed by atoms with Crippen molar-refractivity contribution in [2.45, 2.75) is 37.9 Å². The summed E-state index contributed by atoms with van der Waals surface area (Å²) < 4.78 is 5.33. The molecule has 140 valence electrons. The van der Waals surface area contributed by atoms with Crippen molar-refractivity contribution in [3.63, 3.8) is 0 Å². The highest BCUT2D eigenvalue weighted by Gasteiger charge is 2.41. The van der Waals surface area contributed by atoms with Crippen LogP contribution in [0.2, 0.25) is 0 Å². The van der Waals surface area contributed by atoms with Gasteiger partial charge >= 0.3 is 6.09 Å². The third kappa shape index (κ3) is 3.88. The van der Waals surface area contributed by atoms with E-state index in [0.29, 0.717) is 40.5 Å². The zero-order chi connectivity index (χ0) is 19.8. The van der Waals surface area contributed by atoms with E-state index in [-0.39, 0.29) is 11.8 Å². The van der Waals surface area contributed by atoms with Gasteiger partial charge in [-0.25, -0.2) is 19.7 Å². The van der Waals surface area contributed by atoms with E-state index >= 15 is 0 Å². The minimum absolute atomic E-state index is 0.0684. The van der Waals surface area contributed by atoms with Crippen LogP contribution in [0.3, 0.4) is 0 Å². The minimum atomic E-state index is -0.667. The molecule has 0 saturated carbocycles. The Bertz CT molecular complexity index is 909. The second kappa shape index (κ2) is 7.16. The Morgan fingerprint density at radius 1 is 1.44 bits per heavy atom. The normalized spacial score (nSPS) is 19.1. The highest BCUT2D eigenvalue weighted by Crippen LogP contribution is 2.36. The summed E-state index contributed by atoms with van der Waals surface area (Å²) >= 11 is 1.38. The molecule has 1 saturated heterocycles. The van der Waals surface area contributed by atoms with Gasteiger partial charge in [-0.2, -0.15) is 5.26 Å². The van der Waals surface area contributed by atoms with Gasteiger partial charge in [0.25, 0.3) is 5.91 Å². The maximum absolute atomic E-state index is 12.7. The largest absolute Gasteiger partial charge is 0.443 e.